The van der Waals surface area contributed by atoms with E-state index in [0.29, 0.717) is 11.3 Å². The molecule has 0 bridgehead atoms. The summed E-state index contributed by atoms with van der Waals surface area (Å²) in [4.78, 5) is 18.0. The predicted octanol–water partition coefficient (Wildman–Crippen LogP) is 3.27. The zero-order chi connectivity index (χ0) is 16.4. The van der Waals surface area contributed by atoms with Crippen LogP contribution < -0.4 is 5.32 Å². The van der Waals surface area contributed by atoms with Gasteiger partial charge in [-0.2, -0.15) is 0 Å². The maximum Gasteiger partial charge on any atom is 0.251 e. The van der Waals surface area contributed by atoms with Gasteiger partial charge in [-0.25, -0.2) is 0 Å². The van der Waals surface area contributed by atoms with E-state index in [1.165, 1.54) is 6.42 Å². The van der Waals surface area contributed by atoms with Crippen LogP contribution in [0.15, 0.2) is 30.5 Å². The summed E-state index contributed by atoms with van der Waals surface area (Å²) in [6, 6.07) is 7.79. The number of fused-ring (bicyclic) bond motifs is 1. The Morgan fingerprint density at radius 2 is 2.17 bits per heavy atom. The van der Waals surface area contributed by atoms with E-state index in [2.05, 4.69) is 36.0 Å². The second-order valence-corrected chi connectivity index (χ2v) is 7.94. The molecule has 0 radical (unpaired) electrons. The summed E-state index contributed by atoms with van der Waals surface area (Å²) in [7, 11) is 0. The van der Waals surface area contributed by atoms with Gasteiger partial charge in [-0.05, 0) is 48.6 Å². The first-order valence-corrected chi connectivity index (χ1v) is 8.48. The summed E-state index contributed by atoms with van der Waals surface area (Å²) >= 11 is 0. The van der Waals surface area contributed by atoms with Crippen LogP contribution in [0, 0.1) is 11.3 Å². The SMILES string of the molecule is CC(C)(C)CN1CC[C@@H](CNC(=O)c2ccc3[nH]ccc3c2)C1. The Hall–Kier alpha value is -1.81. The van der Waals surface area contributed by atoms with Crippen molar-refractivity contribution >= 4 is 16.8 Å². The number of rotatable bonds is 4. The van der Waals surface area contributed by atoms with Crippen LogP contribution in [-0.2, 0) is 0 Å². The molecule has 1 aromatic heterocycles. The standard InChI is InChI=1S/C19H27N3O/c1-19(2,3)13-22-9-7-14(12-22)11-21-18(23)16-4-5-17-15(10-16)6-8-20-17/h4-6,8,10,14,20H,7,9,11-13H2,1-3H3,(H,21,23)/t14-/m0/s1. The van der Waals surface area contributed by atoms with Crippen LogP contribution in [0.1, 0.15) is 37.6 Å². The fourth-order valence-corrected chi connectivity index (χ4v) is 3.43. The second-order valence-electron chi connectivity index (χ2n) is 7.94. The molecule has 124 valence electrons. The van der Waals surface area contributed by atoms with Crippen molar-refractivity contribution in [2.45, 2.75) is 27.2 Å². The first-order valence-electron chi connectivity index (χ1n) is 8.48. The number of hydrogen-bond donors (Lipinski definition) is 2. The molecule has 1 saturated heterocycles. The van der Waals surface area contributed by atoms with Crippen molar-refractivity contribution < 1.29 is 4.79 Å². The van der Waals surface area contributed by atoms with Crippen LogP contribution >= 0.6 is 0 Å². The molecule has 1 fully saturated rings. The molecule has 1 aromatic carbocycles. The minimum absolute atomic E-state index is 0.0300. The third-order valence-corrected chi connectivity index (χ3v) is 4.43. The number of hydrogen-bond acceptors (Lipinski definition) is 2. The maximum atomic E-state index is 12.3. The number of likely N-dealkylation sites (tertiary alicyclic amines) is 1. The Morgan fingerprint density at radius 3 is 2.96 bits per heavy atom. The zero-order valence-corrected chi connectivity index (χ0v) is 14.4. The Kier molecular flexibility index (Phi) is 4.44. The number of nitrogens with zero attached hydrogens (tertiary/aromatic N) is 1. The quantitative estimate of drug-likeness (QED) is 0.910. The van der Waals surface area contributed by atoms with Gasteiger partial charge in [-0.1, -0.05) is 20.8 Å². The van der Waals surface area contributed by atoms with Gasteiger partial charge in [-0.15, -0.1) is 0 Å². The zero-order valence-electron chi connectivity index (χ0n) is 14.4. The lowest BCUT2D eigenvalue weighted by Gasteiger charge is -2.26. The largest absolute Gasteiger partial charge is 0.361 e. The number of amides is 1. The highest BCUT2D eigenvalue weighted by Gasteiger charge is 2.26. The first kappa shape index (κ1) is 16.1. The number of benzene rings is 1. The molecule has 23 heavy (non-hydrogen) atoms. The van der Waals surface area contributed by atoms with Crippen LogP contribution in [-0.4, -0.2) is 42.0 Å². The van der Waals surface area contributed by atoms with Crippen LogP contribution in [0.3, 0.4) is 0 Å². The smallest absolute Gasteiger partial charge is 0.251 e. The summed E-state index contributed by atoms with van der Waals surface area (Å²) in [5.41, 5.74) is 2.14. The van der Waals surface area contributed by atoms with Gasteiger partial charge in [0.05, 0.1) is 0 Å². The molecule has 1 aliphatic rings. The van der Waals surface area contributed by atoms with E-state index < -0.39 is 0 Å². The van der Waals surface area contributed by atoms with Gasteiger partial charge in [-0.3, -0.25) is 4.79 Å². The minimum atomic E-state index is 0.0300. The monoisotopic (exact) mass is 313 g/mol. The molecule has 3 rings (SSSR count). The second kappa shape index (κ2) is 6.36. The molecule has 2 N–H and O–H groups in total. The van der Waals surface area contributed by atoms with Crippen molar-refractivity contribution in [3.63, 3.8) is 0 Å². The van der Waals surface area contributed by atoms with Crippen molar-refractivity contribution in [2.75, 3.05) is 26.2 Å². The summed E-state index contributed by atoms with van der Waals surface area (Å²) in [6.45, 7) is 11.0. The van der Waals surface area contributed by atoms with Crippen molar-refractivity contribution in [1.29, 1.82) is 0 Å². The highest BCUT2D eigenvalue weighted by molar-refractivity contribution is 5.98. The third-order valence-electron chi connectivity index (χ3n) is 4.43. The molecule has 1 aliphatic heterocycles. The Labute approximate surface area is 138 Å². The van der Waals surface area contributed by atoms with E-state index in [9.17, 15) is 4.79 Å². The van der Waals surface area contributed by atoms with E-state index in [-0.39, 0.29) is 5.91 Å². The molecule has 0 spiro atoms. The normalized spacial score (nSPS) is 19.3. The number of aromatic amines is 1. The number of carbonyl (C=O) groups excluding carboxylic acids is 1. The van der Waals surface area contributed by atoms with Crippen LogP contribution in [0.4, 0.5) is 0 Å². The highest BCUT2D eigenvalue weighted by Crippen LogP contribution is 2.22. The lowest BCUT2D eigenvalue weighted by molar-refractivity contribution is 0.0947. The van der Waals surface area contributed by atoms with Gasteiger partial charge in [0.2, 0.25) is 0 Å². The van der Waals surface area contributed by atoms with Crippen molar-refractivity contribution in [2.24, 2.45) is 11.3 Å². The molecule has 0 unspecified atom stereocenters. The lowest BCUT2D eigenvalue weighted by Crippen LogP contribution is -2.33. The van der Waals surface area contributed by atoms with E-state index in [4.69, 9.17) is 0 Å². The molecule has 0 aliphatic carbocycles. The molecular weight excluding hydrogens is 286 g/mol. The van der Waals surface area contributed by atoms with Crippen molar-refractivity contribution in [3.05, 3.63) is 36.0 Å². The number of H-pyrrole nitrogens is 1. The van der Waals surface area contributed by atoms with Gasteiger partial charge in [0, 0.05) is 42.3 Å². The van der Waals surface area contributed by atoms with Crippen LogP contribution in [0.2, 0.25) is 0 Å². The van der Waals surface area contributed by atoms with Crippen molar-refractivity contribution in [3.8, 4) is 0 Å². The number of aromatic nitrogens is 1. The molecule has 1 atom stereocenters. The Bertz CT molecular complexity index is 683. The van der Waals surface area contributed by atoms with E-state index in [1.807, 2.05) is 30.5 Å². The van der Waals surface area contributed by atoms with E-state index >= 15 is 0 Å². The van der Waals surface area contributed by atoms with E-state index in [0.717, 1.165) is 42.6 Å². The first-order chi connectivity index (χ1) is 10.9. The number of carbonyl (C=O) groups is 1. The van der Waals surface area contributed by atoms with Crippen LogP contribution in [0.25, 0.3) is 10.9 Å². The molecule has 4 nitrogen and oxygen atoms in total. The highest BCUT2D eigenvalue weighted by atomic mass is 16.1. The van der Waals surface area contributed by atoms with Gasteiger partial charge < -0.3 is 15.2 Å². The molecule has 1 amide bonds. The topological polar surface area (TPSA) is 48.1 Å². The summed E-state index contributed by atoms with van der Waals surface area (Å²) in [5, 5.41) is 4.18. The summed E-state index contributed by atoms with van der Waals surface area (Å²) < 4.78 is 0. The fourth-order valence-electron chi connectivity index (χ4n) is 3.43. The maximum absolute atomic E-state index is 12.3. The number of nitrogens with one attached hydrogen (secondary N) is 2. The Balaban J connectivity index is 1.51. The molecule has 2 aromatic rings. The Morgan fingerprint density at radius 1 is 1.35 bits per heavy atom. The van der Waals surface area contributed by atoms with Gasteiger partial charge >= 0.3 is 0 Å². The van der Waals surface area contributed by atoms with Crippen LogP contribution in [0.5, 0.6) is 0 Å². The van der Waals surface area contributed by atoms with E-state index in [1.54, 1.807) is 0 Å². The third kappa shape index (κ3) is 4.14. The molecular formula is C19H27N3O. The van der Waals surface area contributed by atoms with Gasteiger partial charge in [0.15, 0.2) is 0 Å². The van der Waals surface area contributed by atoms with Gasteiger partial charge in [0.25, 0.3) is 5.91 Å². The van der Waals surface area contributed by atoms with Gasteiger partial charge in [0.1, 0.15) is 0 Å². The van der Waals surface area contributed by atoms with Crippen molar-refractivity contribution in [1.82, 2.24) is 15.2 Å². The minimum Gasteiger partial charge on any atom is -0.361 e. The summed E-state index contributed by atoms with van der Waals surface area (Å²) in [6.07, 6.45) is 3.07. The fraction of sp³-hybridized carbons (Fsp3) is 0.526. The summed E-state index contributed by atoms with van der Waals surface area (Å²) in [5.74, 6) is 0.597. The average Bonchev–Trinajstić information content (AvgIpc) is 3.11. The lowest BCUT2D eigenvalue weighted by atomic mass is 9.96. The molecule has 2 heterocycles. The predicted molar refractivity (Wildman–Crippen MR) is 94.6 cm³/mol. The molecule has 4 heteroatoms. The average molecular weight is 313 g/mol. The molecule has 0 saturated carbocycles.